The number of nitrogens with zero attached hydrogens (tertiary/aromatic N) is 1. The Morgan fingerprint density at radius 2 is 1.88 bits per heavy atom. The predicted molar refractivity (Wildman–Crippen MR) is 99.6 cm³/mol. The van der Waals surface area contributed by atoms with Gasteiger partial charge in [-0.3, -0.25) is 9.69 Å². The van der Waals surface area contributed by atoms with Crippen molar-refractivity contribution < 1.29 is 4.79 Å². The van der Waals surface area contributed by atoms with Gasteiger partial charge in [0, 0.05) is 24.1 Å². The zero-order valence-electron chi connectivity index (χ0n) is 14.6. The summed E-state index contributed by atoms with van der Waals surface area (Å²) in [7, 11) is 0. The Morgan fingerprint density at radius 1 is 1.04 bits per heavy atom. The van der Waals surface area contributed by atoms with E-state index in [0.29, 0.717) is 5.78 Å². The summed E-state index contributed by atoms with van der Waals surface area (Å²) in [6, 6.07) is 13.3. The van der Waals surface area contributed by atoms with E-state index in [4.69, 9.17) is 0 Å². The molecular weight excluding hydrogens is 294 g/mol. The third-order valence-corrected chi connectivity index (χ3v) is 6.05. The number of hydrogen-bond donors (Lipinski definition) is 0. The molecule has 2 aromatic carbocycles. The first-order chi connectivity index (χ1) is 11.7. The van der Waals surface area contributed by atoms with Crippen molar-refractivity contribution in [2.75, 3.05) is 13.1 Å². The summed E-state index contributed by atoms with van der Waals surface area (Å²) in [5, 5.41) is 2.44. The first kappa shape index (κ1) is 15.8. The van der Waals surface area contributed by atoms with Crippen LogP contribution in [0.3, 0.4) is 0 Å². The Morgan fingerprint density at radius 3 is 2.71 bits per heavy atom. The Hall–Kier alpha value is -1.67. The van der Waals surface area contributed by atoms with Gasteiger partial charge in [-0.15, -0.1) is 0 Å². The van der Waals surface area contributed by atoms with Crippen LogP contribution in [0.2, 0.25) is 0 Å². The number of carbonyl (C=O) groups is 1. The van der Waals surface area contributed by atoms with Gasteiger partial charge in [0.05, 0.1) is 0 Å². The van der Waals surface area contributed by atoms with Gasteiger partial charge >= 0.3 is 0 Å². The number of aryl methyl sites for hydroxylation is 1. The van der Waals surface area contributed by atoms with E-state index in [2.05, 4.69) is 42.2 Å². The van der Waals surface area contributed by atoms with Crippen molar-refractivity contribution in [1.29, 1.82) is 0 Å². The van der Waals surface area contributed by atoms with E-state index in [9.17, 15) is 4.79 Å². The highest BCUT2D eigenvalue weighted by Gasteiger charge is 2.31. The molecule has 1 atom stereocenters. The Labute approximate surface area is 144 Å². The molecule has 2 fully saturated rings. The largest absolute Gasteiger partial charge is 0.300 e. The molecule has 0 spiro atoms. The highest BCUT2D eigenvalue weighted by molar-refractivity contribution is 6.02. The molecular formula is C22H27NO. The molecule has 1 unspecified atom stereocenters. The van der Waals surface area contributed by atoms with E-state index in [1.54, 1.807) is 0 Å². The predicted octanol–water partition coefficient (Wildman–Crippen LogP) is 4.99. The van der Waals surface area contributed by atoms with Crippen molar-refractivity contribution in [3.8, 4) is 0 Å². The Bertz CT molecular complexity index is 745. The van der Waals surface area contributed by atoms with Crippen LogP contribution in [0.5, 0.6) is 0 Å². The van der Waals surface area contributed by atoms with Crippen molar-refractivity contribution in [2.24, 2.45) is 5.92 Å². The van der Waals surface area contributed by atoms with Gasteiger partial charge < -0.3 is 0 Å². The summed E-state index contributed by atoms with van der Waals surface area (Å²) in [6.45, 7) is 4.28. The van der Waals surface area contributed by atoms with Crippen LogP contribution >= 0.6 is 0 Å². The standard InChI is InChI=1S/C22H27NO/c1-16-6-4-7-17-11-12-18(14-21(16)17)22(24)19-8-5-13-23(15-19)20-9-2-3-10-20/h4,6-7,11-12,14,19-20H,2-3,5,8-10,13,15H2,1H3. The molecule has 2 aliphatic rings. The number of fused-ring (bicyclic) bond motifs is 1. The number of Topliss-reactive ketones (excluding diaryl/α,β-unsaturated/α-hetero) is 1. The zero-order chi connectivity index (χ0) is 16.5. The number of hydrogen-bond acceptors (Lipinski definition) is 2. The van der Waals surface area contributed by atoms with E-state index >= 15 is 0 Å². The fraction of sp³-hybridized carbons (Fsp3) is 0.500. The van der Waals surface area contributed by atoms with Gasteiger partial charge in [-0.1, -0.05) is 43.2 Å². The molecule has 126 valence electrons. The maximum atomic E-state index is 13.1. The average molecular weight is 321 g/mol. The molecule has 0 bridgehead atoms. The summed E-state index contributed by atoms with van der Waals surface area (Å²) in [5.41, 5.74) is 2.15. The Kier molecular flexibility index (Phi) is 4.41. The van der Waals surface area contributed by atoms with Crippen molar-refractivity contribution >= 4 is 16.6 Å². The second-order valence-corrected chi connectivity index (χ2v) is 7.65. The van der Waals surface area contributed by atoms with Gasteiger partial charge in [0.25, 0.3) is 0 Å². The van der Waals surface area contributed by atoms with E-state index in [-0.39, 0.29) is 5.92 Å². The lowest BCUT2D eigenvalue weighted by molar-refractivity contribution is 0.0757. The molecule has 0 amide bonds. The maximum Gasteiger partial charge on any atom is 0.167 e. The van der Waals surface area contributed by atoms with Gasteiger partial charge in [-0.05, 0) is 61.6 Å². The van der Waals surface area contributed by atoms with Crippen molar-refractivity contribution in [3.63, 3.8) is 0 Å². The first-order valence-corrected chi connectivity index (χ1v) is 9.50. The smallest absolute Gasteiger partial charge is 0.167 e. The Balaban J connectivity index is 1.55. The molecule has 1 saturated carbocycles. The van der Waals surface area contributed by atoms with Gasteiger partial charge in [-0.25, -0.2) is 0 Å². The lowest BCUT2D eigenvalue weighted by Crippen LogP contribution is -2.43. The fourth-order valence-corrected chi connectivity index (χ4v) is 4.64. The molecule has 1 heterocycles. The summed E-state index contributed by atoms with van der Waals surface area (Å²) in [5.74, 6) is 0.531. The number of likely N-dealkylation sites (tertiary alicyclic amines) is 1. The van der Waals surface area contributed by atoms with Crippen LogP contribution in [0.1, 0.15) is 54.4 Å². The first-order valence-electron chi connectivity index (χ1n) is 9.50. The maximum absolute atomic E-state index is 13.1. The summed E-state index contributed by atoms with van der Waals surface area (Å²) >= 11 is 0. The van der Waals surface area contributed by atoms with Gasteiger partial charge in [0.15, 0.2) is 5.78 Å². The summed E-state index contributed by atoms with van der Waals surface area (Å²) < 4.78 is 0. The van der Waals surface area contributed by atoms with Gasteiger partial charge in [0.1, 0.15) is 0 Å². The van der Waals surface area contributed by atoms with Crippen molar-refractivity contribution in [1.82, 2.24) is 4.90 Å². The summed E-state index contributed by atoms with van der Waals surface area (Å²) in [6.07, 6.45) is 7.60. The lowest BCUT2D eigenvalue weighted by atomic mass is 9.88. The number of rotatable bonds is 3. The SMILES string of the molecule is Cc1cccc2ccc(C(=O)C3CCCN(C4CCCC4)C3)cc12. The third kappa shape index (κ3) is 3.00. The monoisotopic (exact) mass is 321 g/mol. The second-order valence-electron chi connectivity index (χ2n) is 7.65. The fourth-order valence-electron chi connectivity index (χ4n) is 4.64. The number of piperidine rings is 1. The van der Waals surface area contributed by atoms with Crippen molar-refractivity contribution in [2.45, 2.75) is 51.5 Å². The zero-order valence-corrected chi connectivity index (χ0v) is 14.6. The van der Waals surface area contributed by atoms with E-state index in [0.717, 1.165) is 24.6 Å². The lowest BCUT2D eigenvalue weighted by Gasteiger charge is -2.36. The van der Waals surface area contributed by atoms with E-state index in [1.165, 1.54) is 55.0 Å². The average Bonchev–Trinajstić information content (AvgIpc) is 3.16. The van der Waals surface area contributed by atoms with Crippen LogP contribution in [0.15, 0.2) is 36.4 Å². The second kappa shape index (κ2) is 6.68. The van der Waals surface area contributed by atoms with Crippen molar-refractivity contribution in [3.05, 3.63) is 47.5 Å². The third-order valence-electron chi connectivity index (χ3n) is 6.05. The normalized spacial score (nSPS) is 23.0. The van der Waals surface area contributed by atoms with Crippen LogP contribution in [0.4, 0.5) is 0 Å². The number of ketones is 1. The molecule has 1 aliphatic heterocycles. The van der Waals surface area contributed by atoms with Crippen LogP contribution < -0.4 is 0 Å². The number of carbonyl (C=O) groups excluding carboxylic acids is 1. The molecule has 24 heavy (non-hydrogen) atoms. The minimum atomic E-state index is 0.181. The molecule has 0 aromatic heterocycles. The molecule has 2 nitrogen and oxygen atoms in total. The molecule has 1 aliphatic carbocycles. The molecule has 2 aromatic rings. The highest BCUT2D eigenvalue weighted by Crippen LogP contribution is 2.30. The quantitative estimate of drug-likeness (QED) is 0.743. The number of benzene rings is 2. The molecule has 0 N–H and O–H groups in total. The molecule has 4 rings (SSSR count). The topological polar surface area (TPSA) is 20.3 Å². The molecule has 2 heteroatoms. The minimum Gasteiger partial charge on any atom is -0.300 e. The minimum absolute atomic E-state index is 0.181. The molecule has 0 radical (unpaired) electrons. The molecule has 1 saturated heterocycles. The summed E-state index contributed by atoms with van der Waals surface area (Å²) in [4.78, 5) is 15.7. The van der Waals surface area contributed by atoms with E-state index < -0.39 is 0 Å². The van der Waals surface area contributed by atoms with Crippen LogP contribution in [-0.2, 0) is 0 Å². The van der Waals surface area contributed by atoms with E-state index in [1.807, 2.05) is 6.07 Å². The van der Waals surface area contributed by atoms with Crippen LogP contribution in [-0.4, -0.2) is 29.8 Å². The van der Waals surface area contributed by atoms with Gasteiger partial charge in [0.2, 0.25) is 0 Å². The van der Waals surface area contributed by atoms with Crippen LogP contribution in [0, 0.1) is 12.8 Å². The highest BCUT2D eigenvalue weighted by atomic mass is 16.1. The van der Waals surface area contributed by atoms with Crippen LogP contribution in [0.25, 0.3) is 10.8 Å². The van der Waals surface area contributed by atoms with Gasteiger partial charge in [-0.2, -0.15) is 0 Å².